The fourth-order valence-corrected chi connectivity index (χ4v) is 10.2. The summed E-state index contributed by atoms with van der Waals surface area (Å²) in [5, 5.41) is 17.7. The predicted molar refractivity (Wildman–Crippen MR) is 216 cm³/mol. The molecule has 0 saturated carbocycles. The summed E-state index contributed by atoms with van der Waals surface area (Å²) in [6.45, 7) is 10.5. The molecule has 2 aliphatic heterocycles. The maximum absolute atomic E-state index is 8.45. The van der Waals surface area contributed by atoms with Crippen molar-refractivity contribution >= 4 is 64.2 Å². The van der Waals surface area contributed by atoms with E-state index in [0.717, 1.165) is 67.6 Å². The minimum atomic E-state index is -0.491. The zero-order chi connectivity index (χ0) is 34.9. The Morgan fingerprint density at radius 2 is 1.64 bits per heavy atom. The van der Waals surface area contributed by atoms with Crippen molar-refractivity contribution < 1.29 is 0 Å². The van der Waals surface area contributed by atoms with Crippen molar-refractivity contribution in [3.05, 3.63) is 148 Å². The number of aliphatic imine (C=N–C) groups is 1. The van der Waals surface area contributed by atoms with Gasteiger partial charge in [0.25, 0.3) is 0 Å². The Balaban J connectivity index is 1.22. The Labute approximate surface area is 308 Å². The topological polar surface area (TPSA) is 65.2 Å². The number of hydrogen-bond acceptors (Lipinski definition) is 8. The molecule has 0 spiro atoms. The minimum Gasteiger partial charge on any atom is -0.347 e. The van der Waals surface area contributed by atoms with Crippen LogP contribution in [0.4, 0.5) is 11.4 Å². The summed E-state index contributed by atoms with van der Waals surface area (Å²) in [7, 11) is 2.11. The third-order valence-corrected chi connectivity index (χ3v) is 13.4. The summed E-state index contributed by atoms with van der Waals surface area (Å²) >= 11 is 5.11. The van der Waals surface area contributed by atoms with Crippen molar-refractivity contribution in [2.24, 2.45) is 4.99 Å². The van der Waals surface area contributed by atoms with E-state index in [9.17, 15) is 0 Å². The lowest BCUT2D eigenvalue weighted by atomic mass is 9.81. The van der Waals surface area contributed by atoms with Crippen LogP contribution in [0, 0.1) is 5.41 Å². The van der Waals surface area contributed by atoms with E-state index in [4.69, 9.17) is 10.4 Å². The molecule has 0 saturated heterocycles. The standard InChI is InChI=1S/C42H41N5S3/c1-6-28-18-20-29(21-19-28)26-48-39-45-46-40(50-39)49-38-30(22-24-36-41(2,3)32-14-7-9-16-34(32)44-36)12-11-13-31(38)23-25-37-42(4,27-43)33-15-8-10-17-35(33)47(37)5/h6-10,14-25,27,43H,1,11-13,26H2,2-5H3/b24-22+,31-23+,37-25-,43-27?. The summed E-state index contributed by atoms with van der Waals surface area (Å²) in [6.07, 6.45) is 15.5. The molecule has 1 aromatic heterocycles. The van der Waals surface area contributed by atoms with Crippen molar-refractivity contribution in [1.82, 2.24) is 10.2 Å². The number of benzene rings is 3. The van der Waals surface area contributed by atoms with Crippen LogP contribution in [0.5, 0.6) is 0 Å². The van der Waals surface area contributed by atoms with E-state index in [2.05, 4.69) is 147 Å². The number of aromatic nitrogens is 2. The van der Waals surface area contributed by atoms with Crippen LogP contribution in [0.25, 0.3) is 6.08 Å². The van der Waals surface area contributed by atoms with Crippen LogP contribution in [0.3, 0.4) is 0 Å². The van der Waals surface area contributed by atoms with Gasteiger partial charge in [-0.3, -0.25) is 4.99 Å². The van der Waals surface area contributed by atoms with Gasteiger partial charge in [0.1, 0.15) is 0 Å². The van der Waals surface area contributed by atoms with E-state index in [1.807, 2.05) is 6.08 Å². The van der Waals surface area contributed by atoms with Crippen LogP contribution in [-0.4, -0.2) is 29.2 Å². The molecule has 50 heavy (non-hydrogen) atoms. The lowest BCUT2D eigenvalue weighted by Crippen LogP contribution is -2.27. The van der Waals surface area contributed by atoms with Gasteiger partial charge in [-0.2, -0.15) is 0 Å². The lowest BCUT2D eigenvalue weighted by Gasteiger charge is -2.25. The number of rotatable bonds is 10. The molecule has 1 unspecified atom stereocenters. The second kappa shape index (κ2) is 14.2. The molecule has 0 radical (unpaired) electrons. The normalized spacial score (nSPS) is 21.2. The third-order valence-electron chi connectivity index (χ3n) is 9.98. The van der Waals surface area contributed by atoms with Gasteiger partial charge in [0.05, 0.1) is 16.8 Å². The molecule has 5 nitrogen and oxygen atoms in total. The zero-order valence-electron chi connectivity index (χ0n) is 28.9. The van der Waals surface area contributed by atoms with Gasteiger partial charge in [0, 0.05) is 40.7 Å². The molecule has 1 N–H and O–H groups in total. The molecule has 1 atom stereocenters. The number of nitrogens with zero attached hydrogens (tertiary/aromatic N) is 4. The van der Waals surface area contributed by atoms with Gasteiger partial charge in [0.2, 0.25) is 0 Å². The van der Waals surface area contributed by atoms with Gasteiger partial charge in [-0.25, -0.2) is 0 Å². The zero-order valence-corrected chi connectivity index (χ0v) is 31.4. The number of para-hydroxylation sites is 2. The molecule has 3 aromatic carbocycles. The first kappa shape index (κ1) is 34.2. The van der Waals surface area contributed by atoms with Crippen LogP contribution in [0.15, 0.2) is 139 Å². The molecule has 1 aliphatic carbocycles. The fraction of sp³-hybridized carbons (Fsp3) is 0.238. The molecular formula is C42H41N5S3. The number of fused-ring (bicyclic) bond motifs is 2. The molecule has 252 valence electrons. The highest BCUT2D eigenvalue weighted by Gasteiger charge is 2.40. The Bertz CT molecular complexity index is 2110. The molecule has 4 aromatic rings. The number of thioether (sulfide) groups is 2. The van der Waals surface area contributed by atoms with Crippen molar-refractivity contribution in [2.75, 3.05) is 11.9 Å². The largest absolute Gasteiger partial charge is 0.347 e. The molecule has 7 rings (SSSR count). The molecule has 0 amide bonds. The van der Waals surface area contributed by atoms with Crippen LogP contribution in [0.1, 0.15) is 62.3 Å². The van der Waals surface area contributed by atoms with Gasteiger partial charge in [-0.05, 0) is 83.9 Å². The number of allylic oxidation sites excluding steroid dienone is 7. The van der Waals surface area contributed by atoms with Crippen LogP contribution < -0.4 is 4.90 Å². The molecule has 3 aliphatic rings. The molecule has 8 heteroatoms. The van der Waals surface area contributed by atoms with Gasteiger partial charge >= 0.3 is 0 Å². The van der Waals surface area contributed by atoms with Gasteiger partial charge in [0.15, 0.2) is 8.68 Å². The van der Waals surface area contributed by atoms with E-state index in [1.165, 1.54) is 27.2 Å². The molecular weight excluding hydrogens is 671 g/mol. The molecule has 0 bridgehead atoms. The van der Waals surface area contributed by atoms with Crippen molar-refractivity contribution in [1.29, 1.82) is 5.41 Å². The van der Waals surface area contributed by atoms with E-state index in [0.29, 0.717) is 0 Å². The Kier molecular flexibility index (Phi) is 9.70. The maximum atomic E-state index is 8.45. The highest BCUT2D eigenvalue weighted by Crippen LogP contribution is 2.48. The van der Waals surface area contributed by atoms with Crippen LogP contribution >= 0.6 is 34.9 Å². The third kappa shape index (κ3) is 6.52. The minimum absolute atomic E-state index is 0.157. The number of likely N-dealkylation sites (N-methyl/N-ethyl adjacent to an activating group) is 1. The predicted octanol–water partition coefficient (Wildman–Crippen LogP) is 11.5. The number of nitrogens with one attached hydrogen (secondary N) is 1. The summed E-state index contributed by atoms with van der Waals surface area (Å²) in [4.78, 5) is 8.51. The van der Waals surface area contributed by atoms with Crippen molar-refractivity contribution in [3.63, 3.8) is 0 Å². The van der Waals surface area contributed by atoms with E-state index < -0.39 is 5.41 Å². The van der Waals surface area contributed by atoms with Gasteiger partial charge in [-0.15, -0.1) is 10.2 Å². The van der Waals surface area contributed by atoms with Gasteiger partial charge in [-0.1, -0.05) is 134 Å². The number of hydrogen-bond donors (Lipinski definition) is 1. The summed E-state index contributed by atoms with van der Waals surface area (Å²) in [5.74, 6) is 0.841. The Morgan fingerprint density at radius 1 is 0.900 bits per heavy atom. The summed E-state index contributed by atoms with van der Waals surface area (Å²) in [5.41, 5.74) is 11.1. The first-order valence-electron chi connectivity index (χ1n) is 16.9. The van der Waals surface area contributed by atoms with Gasteiger partial charge < -0.3 is 10.3 Å². The second-order valence-corrected chi connectivity index (χ2v) is 17.0. The first-order valence-corrected chi connectivity index (χ1v) is 19.5. The lowest BCUT2D eigenvalue weighted by molar-refractivity contribution is 0.739. The quantitative estimate of drug-likeness (QED) is 0.131. The fourth-order valence-electron chi connectivity index (χ4n) is 7.00. The van der Waals surface area contributed by atoms with Crippen LogP contribution in [-0.2, 0) is 16.6 Å². The van der Waals surface area contributed by atoms with Crippen molar-refractivity contribution in [3.8, 4) is 0 Å². The van der Waals surface area contributed by atoms with E-state index in [1.54, 1.807) is 41.1 Å². The second-order valence-electron chi connectivity index (χ2n) is 13.5. The highest BCUT2D eigenvalue weighted by molar-refractivity contribution is 8.05. The Hall–Kier alpha value is -4.24. The smallest absolute Gasteiger partial charge is 0.179 e. The Morgan fingerprint density at radius 3 is 2.40 bits per heavy atom. The average molecular weight is 712 g/mol. The summed E-state index contributed by atoms with van der Waals surface area (Å²) < 4.78 is 1.91. The van der Waals surface area contributed by atoms with Crippen molar-refractivity contribution in [2.45, 2.75) is 65.3 Å². The van der Waals surface area contributed by atoms with Crippen LogP contribution in [0.2, 0.25) is 0 Å². The molecule has 3 heterocycles. The summed E-state index contributed by atoms with van der Waals surface area (Å²) in [6, 6.07) is 25.4. The highest BCUT2D eigenvalue weighted by atomic mass is 32.2. The average Bonchev–Trinajstić information content (AvgIpc) is 3.77. The van der Waals surface area contributed by atoms with E-state index >= 15 is 0 Å². The number of anilines is 1. The first-order chi connectivity index (χ1) is 24.2. The molecule has 0 fully saturated rings. The monoisotopic (exact) mass is 711 g/mol. The van der Waals surface area contributed by atoms with E-state index in [-0.39, 0.29) is 5.41 Å². The maximum Gasteiger partial charge on any atom is 0.179 e. The SMILES string of the molecule is C=Cc1ccc(CSc2nnc(SC3=C(/C=C/C4=Nc5ccccc5C4(C)C)CCC/C3=C\C=C3/N(C)c4ccccc4C3(C)C=N)s2)cc1.